The van der Waals surface area contributed by atoms with Gasteiger partial charge in [-0.15, -0.1) is 0 Å². The van der Waals surface area contributed by atoms with Gasteiger partial charge in [-0.05, 0) is 64.7 Å². The largest absolute Gasteiger partial charge is 0.394 e. The molecule has 1 amide bonds. The second-order valence-electron chi connectivity index (χ2n) is 19.3. The van der Waals surface area contributed by atoms with Crippen molar-refractivity contribution in [2.45, 2.75) is 253 Å². The van der Waals surface area contributed by atoms with Crippen LogP contribution in [0.1, 0.15) is 149 Å². The number of hydrogen-bond acceptors (Lipinski definition) is 18. The lowest BCUT2D eigenvalue weighted by Crippen LogP contribution is -2.66. The van der Waals surface area contributed by atoms with E-state index in [4.69, 9.17) is 28.4 Å². The fraction of sp³-hybridized carbons (Fsp3) is 0.830. The first-order valence-electron chi connectivity index (χ1n) is 26.9. The molecule has 0 saturated carbocycles. The number of unbranched alkanes of at least 4 members (excludes halogenated alkanes) is 16. The van der Waals surface area contributed by atoms with Crippen LogP contribution in [0.5, 0.6) is 0 Å². The minimum absolute atomic E-state index is 0.225. The Morgan fingerprint density at radius 1 is 0.514 bits per heavy atom. The van der Waals surface area contributed by atoms with Gasteiger partial charge in [0.05, 0.1) is 38.6 Å². The predicted octanol–water partition coefficient (Wildman–Crippen LogP) is 2.75. The van der Waals surface area contributed by atoms with Crippen molar-refractivity contribution in [1.82, 2.24) is 5.32 Å². The highest BCUT2D eigenvalue weighted by Gasteiger charge is 2.53. The Balaban J connectivity index is 1.52. The van der Waals surface area contributed by atoms with E-state index >= 15 is 0 Å². The molecular formula is C53H93NO18. The van der Waals surface area contributed by atoms with Crippen molar-refractivity contribution >= 4 is 5.91 Å². The highest BCUT2D eigenvalue weighted by molar-refractivity contribution is 5.76. The lowest BCUT2D eigenvalue weighted by Gasteiger charge is -2.48. The Bertz CT molecular complexity index is 1520. The van der Waals surface area contributed by atoms with Crippen LogP contribution in [0.2, 0.25) is 0 Å². The van der Waals surface area contributed by atoms with Crippen molar-refractivity contribution in [2.24, 2.45) is 0 Å². The van der Waals surface area contributed by atoms with Gasteiger partial charge in [-0.25, -0.2) is 0 Å². The number of hydrogen-bond donors (Lipinski definition) is 12. The van der Waals surface area contributed by atoms with E-state index in [-0.39, 0.29) is 18.9 Å². The van der Waals surface area contributed by atoms with Crippen molar-refractivity contribution in [2.75, 3.05) is 26.4 Å². The molecule has 17 unspecified atom stereocenters. The van der Waals surface area contributed by atoms with Gasteiger partial charge in [0, 0.05) is 6.42 Å². The van der Waals surface area contributed by atoms with Crippen molar-refractivity contribution in [3.8, 4) is 0 Å². The van der Waals surface area contributed by atoms with Crippen molar-refractivity contribution in [1.29, 1.82) is 0 Å². The van der Waals surface area contributed by atoms with Gasteiger partial charge < -0.3 is 89.9 Å². The average Bonchev–Trinajstić information content (AvgIpc) is 3.37. The number of allylic oxidation sites excluding steroid dienone is 7. The van der Waals surface area contributed by atoms with Crippen LogP contribution in [-0.4, -0.2) is 193 Å². The van der Waals surface area contributed by atoms with Crippen LogP contribution in [0, 0.1) is 0 Å². The molecule has 3 aliphatic heterocycles. The SMILES string of the molecule is C/C=C/CC/C=C/CC/C=C/C(O)C(COC1OC(CO)C(OC2OC(CO)C(OC3OC(CO)C(O)C(O)C3O)C(O)C2O)C(O)C1O)NC(=O)CCCCCCCCC/C=C\CCCCCCCCC. The first-order valence-corrected chi connectivity index (χ1v) is 26.9. The summed E-state index contributed by atoms with van der Waals surface area (Å²) in [5.74, 6) is -0.300. The highest BCUT2D eigenvalue weighted by atomic mass is 16.8. The predicted molar refractivity (Wildman–Crippen MR) is 268 cm³/mol. The number of nitrogens with one attached hydrogen (secondary N) is 1. The quantitative estimate of drug-likeness (QED) is 0.0315. The van der Waals surface area contributed by atoms with Gasteiger partial charge in [0.25, 0.3) is 0 Å². The standard InChI is InChI=1S/C53H93NO18/c1-3-5-7-9-11-13-14-15-16-17-18-19-20-21-23-25-27-29-31-41(59)54-36(37(58)30-28-26-24-22-12-10-8-6-4-2)35-67-51-47(65)44(62)49(39(33-56)69-51)72-53-48(66)45(63)50(40(34-57)70-53)71-52-46(64)43(61)42(60)38(32-55)68-52/h4,6,12,16-17,22,28,30,36-40,42-53,55-58,60-66H,3,5,7-11,13-15,18-21,23-27,29,31-35H2,1-2H3,(H,54,59)/b6-4+,17-16-,22-12+,30-28+. The summed E-state index contributed by atoms with van der Waals surface area (Å²) < 4.78 is 34.1. The first-order chi connectivity index (χ1) is 34.8. The molecule has 19 nitrogen and oxygen atoms in total. The summed E-state index contributed by atoms with van der Waals surface area (Å²) in [5.41, 5.74) is 0. The minimum atomic E-state index is -1.98. The first kappa shape index (κ1) is 64.0. The van der Waals surface area contributed by atoms with E-state index in [2.05, 4.69) is 42.6 Å². The molecule has 3 saturated heterocycles. The summed E-state index contributed by atoms with van der Waals surface area (Å²) in [5, 5.41) is 119. The number of ether oxygens (including phenoxy) is 6. The van der Waals surface area contributed by atoms with E-state index in [0.717, 1.165) is 51.4 Å². The van der Waals surface area contributed by atoms with Crippen molar-refractivity contribution in [3.05, 3.63) is 48.6 Å². The normalized spacial score (nSPS) is 32.4. The van der Waals surface area contributed by atoms with Crippen LogP contribution in [-0.2, 0) is 33.2 Å². The molecular weight excluding hydrogens is 939 g/mol. The van der Waals surface area contributed by atoms with Crippen LogP contribution in [0.3, 0.4) is 0 Å². The number of aliphatic hydroxyl groups is 11. The maximum absolute atomic E-state index is 13.2. The maximum atomic E-state index is 13.2. The van der Waals surface area contributed by atoms with E-state index < -0.39 is 124 Å². The number of amides is 1. The number of rotatable bonds is 37. The Morgan fingerprint density at radius 2 is 0.944 bits per heavy atom. The smallest absolute Gasteiger partial charge is 0.220 e. The van der Waals surface area contributed by atoms with Gasteiger partial charge >= 0.3 is 0 Å². The second kappa shape index (κ2) is 37.5. The number of aliphatic hydroxyl groups excluding tert-OH is 11. The Labute approximate surface area is 427 Å². The molecule has 0 aromatic carbocycles. The molecule has 0 aliphatic carbocycles. The van der Waals surface area contributed by atoms with Crippen molar-refractivity contribution in [3.63, 3.8) is 0 Å². The van der Waals surface area contributed by atoms with E-state index in [1.807, 2.05) is 13.0 Å². The summed E-state index contributed by atoms with van der Waals surface area (Å²) in [4.78, 5) is 13.2. The molecule has 72 heavy (non-hydrogen) atoms. The van der Waals surface area contributed by atoms with Gasteiger partial charge in [-0.1, -0.05) is 126 Å². The Morgan fingerprint density at radius 3 is 1.47 bits per heavy atom. The molecule has 17 atom stereocenters. The lowest BCUT2D eigenvalue weighted by molar-refractivity contribution is -0.379. The third-order valence-electron chi connectivity index (χ3n) is 13.4. The highest BCUT2D eigenvalue weighted by Crippen LogP contribution is 2.33. The Hall–Kier alpha value is -2.25. The molecule has 12 N–H and O–H groups in total. The zero-order valence-corrected chi connectivity index (χ0v) is 42.9. The topological polar surface area (TPSA) is 307 Å². The summed E-state index contributed by atoms with van der Waals surface area (Å²) in [6.07, 6.45) is 11.5. The number of carbonyl (C=O) groups excluding carboxylic acids is 1. The Kier molecular flexibility index (Phi) is 33.3. The summed E-state index contributed by atoms with van der Waals surface area (Å²) >= 11 is 0. The monoisotopic (exact) mass is 1030 g/mol. The molecule has 0 aromatic rings. The summed E-state index contributed by atoms with van der Waals surface area (Å²) in [6.45, 7) is 1.41. The molecule has 0 bridgehead atoms. The van der Waals surface area contributed by atoms with Gasteiger partial charge in [0.15, 0.2) is 18.9 Å². The third kappa shape index (κ3) is 22.5. The van der Waals surface area contributed by atoms with Gasteiger partial charge in [0.2, 0.25) is 5.91 Å². The van der Waals surface area contributed by atoms with Crippen molar-refractivity contribution < 1.29 is 89.4 Å². The van der Waals surface area contributed by atoms with E-state index in [1.165, 1.54) is 64.2 Å². The fourth-order valence-electron chi connectivity index (χ4n) is 8.93. The van der Waals surface area contributed by atoms with E-state index in [9.17, 15) is 61.0 Å². The lowest BCUT2D eigenvalue weighted by atomic mass is 9.96. The van der Waals surface area contributed by atoms with Crippen LogP contribution >= 0.6 is 0 Å². The molecule has 3 heterocycles. The second-order valence-corrected chi connectivity index (χ2v) is 19.3. The summed E-state index contributed by atoms with van der Waals surface area (Å²) in [7, 11) is 0. The van der Waals surface area contributed by atoms with Crippen LogP contribution in [0.15, 0.2) is 48.6 Å². The molecule has 3 aliphatic rings. The van der Waals surface area contributed by atoms with E-state index in [0.29, 0.717) is 12.8 Å². The average molecular weight is 1030 g/mol. The zero-order valence-electron chi connectivity index (χ0n) is 42.9. The zero-order chi connectivity index (χ0) is 52.7. The number of carbonyl (C=O) groups is 1. The molecule has 0 radical (unpaired) electrons. The third-order valence-corrected chi connectivity index (χ3v) is 13.4. The van der Waals surface area contributed by atoms with Gasteiger partial charge in [0.1, 0.15) is 73.2 Å². The molecule has 0 spiro atoms. The maximum Gasteiger partial charge on any atom is 0.220 e. The molecule has 0 aromatic heterocycles. The fourth-order valence-corrected chi connectivity index (χ4v) is 8.93. The molecule has 3 fully saturated rings. The van der Waals surface area contributed by atoms with Crippen LogP contribution < -0.4 is 5.32 Å². The van der Waals surface area contributed by atoms with Gasteiger partial charge in [-0.2, -0.15) is 0 Å². The summed E-state index contributed by atoms with van der Waals surface area (Å²) in [6, 6.07) is -0.995. The van der Waals surface area contributed by atoms with Crippen LogP contribution in [0.4, 0.5) is 0 Å². The molecule has 3 rings (SSSR count). The minimum Gasteiger partial charge on any atom is -0.394 e. The van der Waals surface area contributed by atoms with E-state index in [1.54, 1.807) is 12.2 Å². The van der Waals surface area contributed by atoms with Gasteiger partial charge in [-0.3, -0.25) is 4.79 Å². The molecule has 418 valence electrons. The van der Waals surface area contributed by atoms with Crippen LogP contribution in [0.25, 0.3) is 0 Å². The molecule has 19 heteroatoms.